The van der Waals surface area contributed by atoms with Gasteiger partial charge < -0.3 is 15.0 Å². The number of unbranched alkanes of at least 4 members (excludes halogenated alkanes) is 1. The lowest BCUT2D eigenvalue weighted by Crippen LogP contribution is -2.42. The molecule has 0 unspecified atom stereocenters. The summed E-state index contributed by atoms with van der Waals surface area (Å²) in [6.45, 7) is 20.5. The van der Waals surface area contributed by atoms with Gasteiger partial charge in [-0.1, -0.05) is 101 Å². The zero-order chi connectivity index (χ0) is 27.9. The summed E-state index contributed by atoms with van der Waals surface area (Å²) in [5, 5.41) is 3.74. The van der Waals surface area contributed by atoms with Crippen LogP contribution in [0.3, 0.4) is 0 Å². The van der Waals surface area contributed by atoms with E-state index in [1.807, 2.05) is 6.92 Å². The van der Waals surface area contributed by atoms with Crippen LogP contribution in [0.5, 0.6) is 0 Å². The third-order valence-electron chi connectivity index (χ3n) is 6.08. The van der Waals surface area contributed by atoms with E-state index >= 15 is 0 Å². The maximum Gasteiger partial charge on any atom is 0.305 e. The van der Waals surface area contributed by atoms with Crippen LogP contribution in [-0.2, 0) is 16.1 Å². The third kappa shape index (κ3) is 16.8. The summed E-state index contributed by atoms with van der Waals surface area (Å²) in [7, 11) is 1.38. The van der Waals surface area contributed by atoms with Gasteiger partial charge in [0, 0.05) is 19.0 Å². The first-order valence-corrected chi connectivity index (χ1v) is 14.1. The summed E-state index contributed by atoms with van der Waals surface area (Å²) in [5.74, 6) is -0.157. The Morgan fingerprint density at radius 3 is 1.81 bits per heavy atom. The number of benzene rings is 2. The molecule has 0 radical (unpaired) electrons. The van der Waals surface area contributed by atoms with Gasteiger partial charge in [-0.2, -0.15) is 0 Å². The number of hydrogen-bond acceptors (Lipinski definition) is 4. The highest BCUT2D eigenvalue weighted by Crippen LogP contribution is 2.20. The number of ether oxygens (including phenoxy) is 1. The van der Waals surface area contributed by atoms with Crippen molar-refractivity contribution in [2.45, 2.75) is 92.7 Å². The molecule has 1 fully saturated rings. The van der Waals surface area contributed by atoms with Crippen molar-refractivity contribution in [1.29, 1.82) is 0 Å². The normalized spacial score (nSPS) is 13.1. The van der Waals surface area contributed by atoms with Crippen molar-refractivity contribution < 1.29 is 9.53 Å². The predicted octanol–water partition coefficient (Wildman–Crippen LogP) is 8.19. The zero-order valence-corrected chi connectivity index (χ0v) is 24.8. The van der Waals surface area contributed by atoms with Gasteiger partial charge in [0.2, 0.25) is 0 Å². The van der Waals surface area contributed by atoms with Crippen molar-refractivity contribution in [2.24, 2.45) is 0 Å². The monoisotopic (exact) mass is 510 g/mol. The molecule has 2 aromatic rings. The topological polar surface area (TPSA) is 41.6 Å². The van der Waals surface area contributed by atoms with Crippen molar-refractivity contribution in [1.82, 2.24) is 10.2 Å². The first-order valence-electron chi connectivity index (χ1n) is 14.1. The molecular formula is C33H54N2O2. The molecule has 0 saturated carbocycles. The van der Waals surface area contributed by atoms with Gasteiger partial charge in [0.25, 0.3) is 0 Å². The Morgan fingerprint density at radius 1 is 0.946 bits per heavy atom. The van der Waals surface area contributed by atoms with Crippen LogP contribution in [0.2, 0.25) is 0 Å². The smallest absolute Gasteiger partial charge is 0.305 e. The Hall–Kier alpha value is -2.43. The molecule has 4 heteroatoms. The van der Waals surface area contributed by atoms with Crippen molar-refractivity contribution in [3.05, 3.63) is 72.3 Å². The number of nitrogens with zero attached hydrogens (tertiary/aromatic N) is 1. The average molecular weight is 511 g/mol. The molecule has 1 aliphatic heterocycles. The average Bonchev–Trinajstić information content (AvgIpc) is 2.94. The molecule has 1 N–H and O–H groups in total. The molecule has 0 amide bonds. The Morgan fingerprint density at radius 2 is 1.43 bits per heavy atom. The number of carbonyl (C=O) groups excluding carboxylic acids is 1. The number of aryl methyl sites for hydroxylation is 1. The summed E-state index contributed by atoms with van der Waals surface area (Å²) in [4.78, 5) is 12.6. The van der Waals surface area contributed by atoms with E-state index in [0.29, 0.717) is 12.5 Å². The number of hydrogen-bond donors (Lipinski definition) is 1. The molecule has 0 bridgehead atoms. The molecule has 37 heavy (non-hydrogen) atoms. The molecular weight excluding hydrogens is 456 g/mol. The van der Waals surface area contributed by atoms with Gasteiger partial charge in [-0.05, 0) is 69.4 Å². The second-order valence-electron chi connectivity index (χ2n) is 9.40. The fourth-order valence-electron chi connectivity index (χ4n) is 3.64. The van der Waals surface area contributed by atoms with Crippen LogP contribution in [0.1, 0.15) is 84.3 Å². The molecule has 3 rings (SSSR count). The van der Waals surface area contributed by atoms with Gasteiger partial charge in [-0.15, -0.1) is 6.58 Å². The molecule has 1 aliphatic rings. The van der Waals surface area contributed by atoms with E-state index < -0.39 is 0 Å². The van der Waals surface area contributed by atoms with Gasteiger partial charge in [-0.25, -0.2) is 0 Å². The van der Waals surface area contributed by atoms with Crippen LogP contribution in [0.4, 0.5) is 0 Å². The minimum absolute atomic E-state index is 0.157. The highest BCUT2D eigenvalue weighted by Gasteiger charge is 2.17. The number of rotatable bonds is 8. The third-order valence-corrected chi connectivity index (χ3v) is 6.08. The summed E-state index contributed by atoms with van der Waals surface area (Å²) in [5.41, 5.74) is 5.28. The van der Waals surface area contributed by atoms with E-state index in [-0.39, 0.29) is 5.97 Å². The fraction of sp³-hybridized carbons (Fsp3) is 0.545. The van der Waals surface area contributed by atoms with E-state index in [1.165, 1.54) is 81.1 Å². The summed E-state index contributed by atoms with van der Waals surface area (Å²) < 4.78 is 4.26. The lowest BCUT2D eigenvalue weighted by atomic mass is 10.0. The van der Waals surface area contributed by atoms with E-state index in [0.717, 1.165) is 6.54 Å². The Bertz CT molecular complexity index is 799. The van der Waals surface area contributed by atoms with Crippen LogP contribution in [-0.4, -0.2) is 43.7 Å². The Labute approximate surface area is 228 Å². The van der Waals surface area contributed by atoms with Gasteiger partial charge >= 0.3 is 5.97 Å². The maximum absolute atomic E-state index is 9.96. The van der Waals surface area contributed by atoms with Crippen LogP contribution < -0.4 is 5.32 Å². The fourth-order valence-corrected chi connectivity index (χ4v) is 3.64. The number of allylic oxidation sites excluding steroid dienone is 1. The molecule has 0 aliphatic carbocycles. The standard InChI is InChI=1S/C22H30N2.C4H8O2.C4H10.C3H6/c1-3-14-24-15-12-22(13-16-24)23-17-19-6-10-21(11-7-19)20-8-4-18(2)5-9-20;1-3-4(5)6-2;1-3-4-2;1-3-2/h4-11,22-23H,3,12-17H2,1-2H3;3H2,1-2H3;3-4H2,1-2H3;3H,1H2,2H3. The van der Waals surface area contributed by atoms with Crippen molar-refractivity contribution in [3.8, 4) is 11.1 Å². The van der Waals surface area contributed by atoms with Crippen LogP contribution in [0.25, 0.3) is 11.1 Å². The highest BCUT2D eigenvalue weighted by molar-refractivity contribution is 5.68. The largest absolute Gasteiger partial charge is 0.469 e. The number of nitrogens with one attached hydrogen (secondary N) is 1. The first kappa shape index (κ1) is 34.6. The summed E-state index contributed by atoms with van der Waals surface area (Å²) in [6.07, 6.45) is 8.69. The number of methoxy groups -OCH3 is 1. The minimum atomic E-state index is -0.157. The predicted molar refractivity (Wildman–Crippen MR) is 162 cm³/mol. The van der Waals surface area contributed by atoms with Gasteiger partial charge in [-0.3, -0.25) is 4.79 Å². The maximum atomic E-state index is 9.96. The SMILES string of the molecule is C=CC.CCC(=O)OC.CCCC.CCCN1CCC(NCc2ccc(-c3ccc(C)cc3)cc2)CC1. The second-order valence-corrected chi connectivity index (χ2v) is 9.40. The lowest BCUT2D eigenvalue weighted by Gasteiger charge is -2.32. The quantitative estimate of drug-likeness (QED) is 0.287. The zero-order valence-electron chi connectivity index (χ0n) is 24.8. The number of carbonyl (C=O) groups is 1. The van der Waals surface area contributed by atoms with Crippen molar-refractivity contribution in [3.63, 3.8) is 0 Å². The van der Waals surface area contributed by atoms with Gasteiger partial charge in [0.05, 0.1) is 7.11 Å². The van der Waals surface area contributed by atoms with Gasteiger partial charge in [0.1, 0.15) is 0 Å². The number of piperidine rings is 1. The first-order chi connectivity index (χ1) is 17.9. The molecule has 4 nitrogen and oxygen atoms in total. The molecule has 1 saturated heterocycles. The summed E-state index contributed by atoms with van der Waals surface area (Å²) in [6, 6.07) is 18.4. The molecule has 2 aromatic carbocycles. The van der Waals surface area contributed by atoms with Gasteiger partial charge in [0.15, 0.2) is 0 Å². The number of esters is 1. The van der Waals surface area contributed by atoms with Crippen LogP contribution >= 0.6 is 0 Å². The van der Waals surface area contributed by atoms with E-state index in [9.17, 15) is 4.79 Å². The molecule has 1 heterocycles. The van der Waals surface area contributed by atoms with E-state index in [1.54, 1.807) is 13.0 Å². The molecule has 0 spiro atoms. The molecule has 0 atom stereocenters. The highest BCUT2D eigenvalue weighted by atomic mass is 16.5. The van der Waals surface area contributed by atoms with Crippen LogP contribution in [0, 0.1) is 6.92 Å². The molecule has 0 aromatic heterocycles. The Balaban J connectivity index is 0.000000832. The van der Waals surface area contributed by atoms with E-state index in [4.69, 9.17) is 0 Å². The van der Waals surface area contributed by atoms with Crippen LogP contribution in [0.15, 0.2) is 61.2 Å². The summed E-state index contributed by atoms with van der Waals surface area (Å²) >= 11 is 0. The van der Waals surface area contributed by atoms with Crippen molar-refractivity contribution >= 4 is 5.97 Å². The minimum Gasteiger partial charge on any atom is -0.469 e. The molecule has 208 valence electrons. The second kappa shape index (κ2) is 22.7. The van der Waals surface area contributed by atoms with E-state index in [2.05, 4.69) is 97.8 Å². The lowest BCUT2D eigenvalue weighted by molar-refractivity contribution is -0.140. The number of likely N-dealkylation sites (tertiary alicyclic amines) is 1. The van der Waals surface area contributed by atoms with Crippen molar-refractivity contribution in [2.75, 3.05) is 26.7 Å². The Kier molecular flexibility index (Phi) is 21.2.